The average Bonchev–Trinajstić information content (AvgIpc) is 2.46. The highest BCUT2D eigenvalue weighted by molar-refractivity contribution is 5.91. The van der Waals surface area contributed by atoms with Crippen LogP contribution in [0.1, 0.15) is 15.9 Å². The van der Waals surface area contributed by atoms with Crippen molar-refractivity contribution >= 4 is 11.9 Å². The maximum Gasteiger partial charge on any atom is 0.339 e. The molecule has 0 saturated carbocycles. The molecular weight excluding hydrogens is 272 g/mol. The molecule has 6 nitrogen and oxygen atoms in total. The normalized spacial score (nSPS) is 15.8. The Hall–Kier alpha value is -2.08. The summed E-state index contributed by atoms with van der Waals surface area (Å²) in [5.74, 6) is -0.934. The molecule has 21 heavy (non-hydrogen) atoms. The van der Waals surface area contributed by atoms with E-state index in [0.717, 1.165) is 18.7 Å². The largest absolute Gasteiger partial charge is 0.483 e. The van der Waals surface area contributed by atoms with E-state index in [-0.39, 0.29) is 23.8 Å². The van der Waals surface area contributed by atoms with Crippen LogP contribution in [0.4, 0.5) is 0 Å². The lowest BCUT2D eigenvalue weighted by Gasteiger charge is -2.32. The van der Waals surface area contributed by atoms with E-state index in [4.69, 9.17) is 9.84 Å². The van der Waals surface area contributed by atoms with Crippen molar-refractivity contribution in [3.05, 3.63) is 29.3 Å². The Kier molecular flexibility index (Phi) is 4.80. The topological polar surface area (TPSA) is 70.1 Å². The molecule has 6 heteroatoms. The van der Waals surface area contributed by atoms with Crippen molar-refractivity contribution < 1.29 is 19.4 Å². The van der Waals surface area contributed by atoms with E-state index >= 15 is 0 Å². The maximum atomic E-state index is 12.1. The van der Waals surface area contributed by atoms with Crippen LogP contribution in [0.25, 0.3) is 0 Å². The van der Waals surface area contributed by atoms with Crippen LogP contribution in [0.5, 0.6) is 5.75 Å². The van der Waals surface area contributed by atoms with Crippen LogP contribution in [-0.4, -0.2) is 66.6 Å². The number of likely N-dealkylation sites (N-methyl/N-ethyl adjacent to an activating group) is 1. The lowest BCUT2D eigenvalue weighted by atomic mass is 10.1. The molecule has 1 aliphatic rings. The van der Waals surface area contributed by atoms with Crippen molar-refractivity contribution in [2.45, 2.75) is 6.92 Å². The Bertz CT molecular complexity index is 536. The van der Waals surface area contributed by atoms with E-state index in [9.17, 15) is 9.59 Å². The predicted octanol–water partition coefficient (Wildman–Crippen LogP) is 0.846. The summed E-state index contributed by atoms with van der Waals surface area (Å²) in [5.41, 5.74) is 0.923. The molecule has 0 unspecified atom stereocenters. The number of piperazine rings is 1. The summed E-state index contributed by atoms with van der Waals surface area (Å²) in [6.07, 6.45) is 0. The van der Waals surface area contributed by atoms with Crippen molar-refractivity contribution in [3.63, 3.8) is 0 Å². The zero-order valence-corrected chi connectivity index (χ0v) is 12.3. The summed E-state index contributed by atoms with van der Waals surface area (Å²) >= 11 is 0. The number of hydrogen-bond acceptors (Lipinski definition) is 4. The van der Waals surface area contributed by atoms with Gasteiger partial charge in [-0.15, -0.1) is 0 Å². The molecule has 2 rings (SSSR count). The second-order valence-corrected chi connectivity index (χ2v) is 5.28. The number of hydrogen-bond donors (Lipinski definition) is 1. The quantitative estimate of drug-likeness (QED) is 0.891. The summed E-state index contributed by atoms with van der Waals surface area (Å²) in [6.45, 7) is 4.72. The highest BCUT2D eigenvalue weighted by Crippen LogP contribution is 2.20. The van der Waals surface area contributed by atoms with Gasteiger partial charge in [0.2, 0.25) is 0 Å². The van der Waals surface area contributed by atoms with Gasteiger partial charge in [0, 0.05) is 26.2 Å². The van der Waals surface area contributed by atoms with Crippen LogP contribution < -0.4 is 4.74 Å². The molecule has 1 heterocycles. The highest BCUT2D eigenvalue weighted by Gasteiger charge is 2.20. The second kappa shape index (κ2) is 6.58. The summed E-state index contributed by atoms with van der Waals surface area (Å²) in [6, 6.07) is 4.90. The van der Waals surface area contributed by atoms with Crippen molar-refractivity contribution in [1.82, 2.24) is 9.80 Å². The van der Waals surface area contributed by atoms with Gasteiger partial charge in [0.05, 0.1) is 0 Å². The molecule has 1 fully saturated rings. The van der Waals surface area contributed by atoms with Gasteiger partial charge in [0.1, 0.15) is 11.3 Å². The number of aryl methyl sites for hydroxylation is 1. The number of carboxylic acid groups (broad SMARTS) is 1. The molecule has 1 saturated heterocycles. The third-order valence-electron chi connectivity index (χ3n) is 3.57. The minimum absolute atomic E-state index is 0.0844. The Morgan fingerprint density at radius 1 is 1.24 bits per heavy atom. The molecule has 114 valence electrons. The number of aromatic carboxylic acids is 1. The first-order valence-electron chi connectivity index (χ1n) is 6.90. The first-order valence-corrected chi connectivity index (χ1v) is 6.90. The van der Waals surface area contributed by atoms with Crippen molar-refractivity contribution in [1.29, 1.82) is 0 Å². The minimum atomic E-state index is -1.05. The molecule has 0 aliphatic carbocycles. The van der Waals surface area contributed by atoms with Crippen LogP contribution in [0.3, 0.4) is 0 Å². The zero-order valence-electron chi connectivity index (χ0n) is 12.3. The fourth-order valence-electron chi connectivity index (χ4n) is 2.22. The van der Waals surface area contributed by atoms with Gasteiger partial charge in [0.15, 0.2) is 6.61 Å². The number of amides is 1. The molecule has 0 bridgehead atoms. The number of benzene rings is 1. The number of carboxylic acids is 1. The molecule has 0 spiro atoms. The molecule has 0 atom stereocenters. The maximum absolute atomic E-state index is 12.1. The van der Waals surface area contributed by atoms with Crippen molar-refractivity contribution in [2.75, 3.05) is 39.8 Å². The van der Waals surface area contributed by atoms with E-state index < -0.39 is 5.97 Å². The minimum Gasteiger partial charge on any atom is -0.483 e. The van der Waals surface area contributed by atoms with E-state index in [1.807, 2.05) is 14.0 Å². The number of carbonyl (C=O) groups excluding carboxylic acids is 1. The van der Waals surface area contributed by atoms with Gasteiger partial charge in [-0.25, -0.2) is 4.79 Å². The molecule has 0 radical (unpaired) electrons. The van der Waals surface area contributed by atoms with Crippen LogP contribution in [-0.2, 0) is 4.79 Å². The van der Waals surface area contributed by atoms with Gasteiger partial charge in [-0.3, -0.25) is 4.79 Å². The lowest BCUT2D eigenvalue weighted by Crippen LogP contribution is -2.48. The van der Waals surface area contributed by atoms with E-state index in [1.165, 1.54) is 6.07 Å². The summed E-state index contributed by atoms with van der Waals surface area (Å²) < 4.78 is 5.41. The highest BCUT2D eigenvalue weighted by atomic mass is 16.5. The van der Waals surface area contributed by atoms with Crippen LogP contribution in [0, 0.1) is 6.92 Å². The molecule has 0 aromatic heterocycles. The van der Waals surface area contributed by atoms with E-state index in [2.05, 4.69) is 4.90 Å². The molecule has 1 N–H and O–H groups in total. The Labute approximate surface area is 123 Å². The number of ether oxygens (including phenoxy) is 1. The first kappa shape index (κ1) is 15.3. The smallest absolute Gasteiger partial charge is 0.339 e. The fourth-order valence-corrected chi connectivity index (χ4v) is 2.22. The molecule has 1 aromatic rings. The summed E-state index contributed by atoms with van der Waals surface area (Å²) in [5, 5.41) is 9.15. The molecule has 1 amide bonds. The number of nitrogens with zero attached hydrogens (tertiary/aromatic N) is 2. The van der Waals surface area contributed by atoms with Gasteiger partial charge in [-0.1, -0.05) is 11.6 Å². The standard InChI is InChI=1S/C15H20N2O4/c1-11-3-4-13(12(9-11)15(19)20)21-10-14(18)17-7-5-16(2)6-8-17/h3-4,9H,5-8,10H2,1-2H3,(H,19,20). The Morgan fingerprint density at radius 3 is 2.52 bits per heavy atom. The predicted molar refractivity (Wildman–Crippen MR) is 77.7 cm³/mol. The van der Waals surface area contributed by atoms with Gasteiger partial charge in [-0.05, 0) is 26.1 Å². The molecule has 1 aliphatic heterocycles. The lowest BCUT2D eigenvalue weighted by molar-refractivity contribution is -0.134. The van der Waals surface area contributed by atoms with Gasteiger partial charge >= 0.3 is 5.97 Å². The van der Waals surface area contributed by atoms with Crippen LogP contribution in [0.2, 0.25) is 0 Å². The monoisotopic (exact) mass is 292 g/mol. The van der Waals surface area contributed by atoms with Crippen LogP contribution >= 0.6 is 0 Å². The van der Waals surface area contributed by atoms with E-state index in [1.54, 1.807) is 17.0 Å². The van der Waals surface area contributed by atoms with Crippen molar-refractivity contribution in [3.8, 4) is 5.75 Å². The Balaban J connectivity index is 1.96. The number of carbonyl (C=O) groups is 2. The zero-order chi connectivity index (χ0) is 15.4. The third-order valence-corrected chi connectivity index (χ3v) is 3.57. The third kappa shape index (κ3) is 3.95. The summed E-state index contributed by atoms with van der Waals surface area (Å²) in [7, 11) is 2.02. The average molecular weight is 292 g/mol. The second-order valence-electron chi connectivity index (χ2n) is 5.28. The Morgan fingerprint density at radius 2 is 1.90 bits per heavy atom. The van der Waals surface area contributed by atoms with Gasteiger partial charge in [0.25, 0.3) is 5.91 Å². The van der Waals surface area contributed by atoms with Gasteiger partial charge < -0.3 is 19.6 Å². The summed E-state index contributed by atoms with van der Waals surface area (Å²) in [4.78, 5) is 27.1. The fraction of sp³-hybridized carbons (Fsp3) is 0.467. The molecule has 1 aromatic carbocycles. The SMILES string of the molecule is Cc1ccc(OCC(=O)N2CCN(C)CC2)c(C(=O)O)c1. The molecular formula is C15H20N2O4. The first-order chi connectivity index (χ1) is 9.97. The van der Waals surface area contributed by atoms with Crippen molar-refractivity contribution in [2.24, 2.45) is 0 Å². The number of rotatable bonds is 4. The van der Waals surface area contributed by atoms with E-state index in [0.29, 0.717) is 13.1 Å². The van der Waals surface area contributed by atoms with Crippen LogP contribution in [0.15, 0.2) is 18.2 Å². The van der Waals surface area contributed by atoms with Gasteiger partial charge in [-0.2, -0.15) is 0 Å².